The van der Waals surface area contributed by atoms with Gasteiger partial charge in [-0.15, -0.1) is 0 Å². The molecule has 122 heavy (non-hydrogen) atoms. The summed E-state index contributed by atoms with van der Waals surface area (Å²) in [5, 5.41) is 74.5. The first-order valence-corrected chi connectivity index (χ1v) is 45.9. The topological polar surface area (TPSA) is 517 Å². The van der Waals surface area contributed by atoms with Crippen molar-refractivity contribution in [3.05, 3.63) is 112 Å². The number of nitrogens with two attached hydrogens (primary N) is 2. The normalized spacial score (nSPS) is 25.2. The molecular formula is C83H118ClN13O21S4. The van der Waals surface area contributed by atoms with Crippen LogP contribution < -0.4 is 63.6 Å². The van der Waals surface area contributed by atoms with Crippen molar-refractivity contribution in [1.82, 2.24) is 52.4 Å². The number of aliphatic hydroxyl groups is 3. The number of carbonyl (C=O) groups is 12. The number of likely N-dealkylation sites (N-methyl/N-ethyl adjacent to an activating group) is 1. The van der Waals surface area contributed by atoms with Crippen LogP contribution in [0.4, 0.5) is 5.69 Å². The lowest BCUT2D eigenvalue weighted by Gasteiger charge is -2.29. The number of aromatic hydroxyl groups is 1. The van der Waals surface area contributed by atoms with E-state index in [-0.39, 0.29) is 98.7 Å². The third-order valence-electron chi connectivity index (χ3n) is 21.5. The van der Waals surface area contributed by atoms with Crippen molar-refractivity contribution in [3.63, 3.8) is 0 Å². The van der Waals surface area contributed by atoms with Crippen LogP contribution in [0.15, 0.2) is 90.7 Å². The highest BCUT2D eigenvalue weighted by Crippen LogP contribution is 2.48. The summed E-state index contributed by atoms with van der Waals surface area (Å²) in [6.45, 7) is 9.91. The average molecular weight is 1800 g/mol. The van der Waals surface area contributed by atoms with Crippen LogP contribution in [-0.4, -0.2) is 267 Å². The monoisotopic (exact) mass is 1800 g/mol. The second kappa shape index (κ2) is 49.1. The molecule has 0 saturated carbocycles. The highest BCUT2D eigenvalue weighted by molar-refractivity contribution is 8.77. The van der Waals surface area contributed by atoms with E-state index in [1.807, 2.05) is 26.0 Å². The van der Waals surface area contributed by atoms with Gasteiger partial charge >= 0.3 is 11.9 Å². The number of carboxylic acids is 1. The first kappa shape index (κ1) is 100. The van der Waals surface area contributed by atoms with Crippen LogP contribution in [0.3, 0.4) is 0 Å². The number of aromatic nitrogens is 1. The van der Waals surface area contributed by atoms with Crippen LogP contribution in [0.25, 0.3) is 10.9 Å². The second-order valence-electron chi connectivity index (χ2n) is 31.0. The van der Waals surface area contributed by atoms with Crippen molar-refractivity contribution >= 4 is 142 Å². The largest absolute Gasteiger partial charge is 0.508 e. The Bertz CT molecular complexity index is 4320. The Morgan fingerprint density at radius 1 is 0.836 bits per heavy atom. The number of amides is 10. The Morgan fingerprint density at radius 2 is 1.50 bits per heavy atom. The molecule has 18 N–H and O–H groups in total. The molecule has 3 aliphatic heterocycles. The summed E-state index contributed by atoms with van der Waals surface area (Å²) >= 11 is 6.85. The van der Waals surface area contributed by atoms with Crippen LogP contribution in [0, 0.1) is 5.92 Å². The van der Waals surface area contributed by atoms with Gasteiger partial charge in [-0.1, -0.05) is 116 Å². The van der Waals surface area contributed by atoms with Gasteiger partial charge in [0.05, 0.1) is 49.7 Å². The molecule has 1 unspecified atom stereocenters. The number of phenolic OH excluding ortho intramolecular Hbond substituents is 1. The molecular weight excluding hydrogens is 1680 g/mol. The Labute approximate surface area is 731 Å². The lowest BCUT2D eigenvalue weighted by Crippen LogP contribution is -2.62. The number of carbonyl (C=O) groups excluding carboxylic acids is 11. The number of unbranched alkanes of at least 4 members (excludes halogenated alkanes) is 2. The number of para-hydroxylation sites is 1. The number of fused-ring (bicyclic) bond motifs is 4. The van der Waals surface area contributed by atoms with Gasteiger partial charge in [0, 0.05) is 93.5 Å². The lowest BCUT2D eigenvalue weighted by molar-refractivity contribution is -0.162. The molecule has 672 valence electrons. The molecule has 4 aromatic rings. The summed E-state index contributed by atoms with van der Waals surface area (Å²) in [4.78, 5) is 175. The molecule has 0 radical (unpaired) electrons. The quantitative estimate of drug-likeness (QED) is 0.0143. The van der Waals surface area contributed by atoms with Crippen LogP contribution in [0.1, 0.15) is 129 Å². The van der Waals surface area contributed by atoms with Crippen LogP contribution >= 0.6 is 54.8 Å². The molecule has 34 nitrogen and oxygen atoms in total. The van der Waals surface area contributed by atoms with Crippen molar-refractivity contribution in [3.8, 4) is 11.5 Å². The number of nitrogens with zero attached hydrogens (tertiary/aromatic N) is 2. The van der Waals surface area contributed by atoms with Gasteiger partial charge in [0.1, 0.15) is 76.6 Å². The fourth-order valence-electron chi connectivity index (χ4n) is 13.9. The van der Waals surface area contributed by atoms with Crippen LogP contribution in [-0.2, 0) is 91.0 Å². The smallest absolute Gasteiger partial charge is 0.328 e. The first-order chi connectivity index (χ1) is 58.0. The molecule has 4 heterocycles. The highest BCUT2D eigenvalue weighted by atomic mass is 35.5. The zero-order valence-electron chi connectivity index (χ0n) is 70.3. The minimum Gasteiger partial charge on any atom is -0.508 e. The number of aliphatic hydroxyl groups excluding tert-OH is 3. The summed E-state index contributed by atoms with van der Waals surface area (Å²) in [6.07, 6.45) is 2.99. The summed E-state index contributed by atoms with van der Waals surface area (Å²) in [6, 6.07) is 2.84. The lowest BCUT2D eigenvalue weighted by atomic mass is 9.87. The highest BCUT2D eigenvalue weighted by Gasteiger charge is 2.62. The van der Waals surface area contributed by atoms with Crippen LogP contribution in [0.5, 0.6) is 11.5 Å². The van der Waals surface area contributed by atoms with E-state index >= 15 is 4.79 Å². The number of rotatable bonds is 32. The van der Waals surface area contributed by atoms with Crippen LogP contribution in [0.2, 0.25) is 5.02 Å². The molecule has 2 bridgehead atoms. The number of anilines is 1. The molecule has 39 heteroatoms. The maximum absolute atomic E-state index is 15.0. The van der Waals surface area contributed by atoms with Gasteiger partial charge in [0.15, 0.2) is 6.04 Å². The van der Waals surface area contributed by atoms with E-state index in [4.69, 9.17) is 42.0 Å². The summed E-state index contributed by atoms with van der Waals surface area (Å²) in [7, 11) is 10.6. The third kappa shape index (κ3) is 30.1. The number of hydrogen-bond acceptors (Lipinski definition) is 26. The molecule has 1 aromatic heterocycles. The van der Waals surface area contributed by atoms with E-state index in [2.05, 4.69) is 47.5 Å². The van der Waals surface area contributed by atoms with E-state index in [1.54, 1.807) is 62.6 Å². The van der Waals surface area contributed by atoms with Crippen molar-refractivity contribution in [2.45, 2.75) is 228 Å². The molecule has 3 aliphatic rings. The number of aromatic amines is 1. The SMILES string of the molecule is COc1cc2cc(c1Cl)N(C)C(=O)C[C@H](OC(=O)[C@H](C)N(C)C(=O)CCSSCCC(=O)NCCCC[C@@H](N)C(=O)N[C@H]1CSSC[C@@H](C(=O)N[C@H](C(=O)O)[C@@H](C)O)NC(=O)[C@H]([C@@H](C)O)NC(=O)[C@H](CCCCN)NC(=O)[C@@H](Cc3c[nH]c4ccccc34)NC(=O)[C@H](Cc3ccc(O)cc3)NC1=O)[C@]1(C)O[C@H]1[C@H](C)CCC(O)[C@H](OC)/C=C/C=C(\C)C2. The van der Waals surface area contributed by atoms with Gasteiger partial charge in [0.2, 0.25) is 59.1 Å². The standard InChI is InChI=1S/C83H118ClN13O21S4/c1-45-18-17-23-64(115-9)63(101)29-24-46(2)73-83(6,118-73)66(41-69(104)97(8)62-38-51(36-45)39-65(116-10)70(62)84)117-82(114)47(3)96(7)68(103)31-35-120-119-34-30-67(102)87-33-16-14-20-55(86)74(105)92-60-43-121-122-44-61(79(110)95-72(49(5)99)81(112)113)93-80(111)71(48(4)98)94-75(106)57(22-13-15-32-85)89-77(108)59(40-52-42-88-56-21-12-11-19-54(52)56)91-76(107)58(90-78(60)109)37-50-25-27-53(100)28-26-50/h11-12,17-19,21,23,25-28,38-39,42,46-49,55,57-61,63-64,66,71-73,88,98-101H,13-16,20,22,24,29-37,40-41,43-44,85-86H2,1-10H3,(H,87,102)(H,89,108)(H,90,109)(H,91,107)(H,92,105)(H,93,111)(H,94,106)(H,95,110)(H,112,113)/b23-17+,45-18+/t46-,47+,48-,49-,55-,57+,58+,59-,60+,61+,63?,64-,66+,71+,72+,73+,83+/m1/s1. The number of benzene rings is 3. The maximum atomic E-state index is 15.0. The number of nitrogens with one attached hydrogen (secondary N) is 9. The number of hydrogen-bond donors (Lipinski definition) is 16. The zero-order valence-corrected chi connectivity index (χ0v) is 74.3. The number of phenols is 1. The molecule has 2 fully saturated rings. The van der Waals surface area contributed by atoms with Gasteiger partial charge in [-0.2, -0.15) is 0 Å². The molecule has 2 saturated heterocycles. The molecule has 0 spiro atoms. The van der Waals surface area contributed by atoms with E-state index in [1.165, 1.54) is 90.8 Å². The number of carboxylic acid groups (broad SMARTS) is 1. The van der Waals surface area contributed by atoms with Crippen molar-refractivity contribution in [2.24, 2.45) is 17.4 Å². The molecule has 0 aliphatic carbocycles. The third-order valence-corrected chi connectivity index (χ3v) is 26.7. The number of H-pyrrole nitrogens is 1. The predicted octanol–water partition coefficient (Wildman–Crippen LogP) is 3.68. The van der Waals surface area contributed by atoms with E-state index < -0.39 is 162 Å². The van der Waals surface area contributed by atoms with E-state index in [0.29, 0.717) is 83.5 Å². The first-order valence-electron chi connectivity index (χ1n) is 40.6. The van der Waals surface area contributed by atoms with Gasteiger partial charge in [-0.25, -0.2) is 9.59 Å². The molecule has 17 atom stereocenters. The number of esters is 1. The Hall–Kier alpha value is -8.67. The van der Waals surface area contributed by atoms with Gasteiger partial charge in [-0.3, -0.25) is 47.9 Å². The summed E-state index contributed by atoms with van der Waals surface area (Å²) in [5.74, 6) is -10.1. The Kier molecular flexibility index (Phi) is 40.4. The zero-order chi connectivity index (χ0) is 89.7. The van der Waals surface area contributed by atoms with Gasteiger partial charge in [0.25, 0.3) is 0 Å². The number of ether oxygens (including phenoxy) is 4. The van der Waals surface area contributed by atoms with Crippen molar-refractivity contribution in [2.75, 3.05) is 69.3 Å². The van der Waals surface area contributed by atoms with E-state index in [0.717, 1.165) is 39.6 Å². The Morgan fingerprint density at radius 3 is 2.17 bits per heavy atom. The van der Waals surface area contributed by atoms with E-state index in [9.17, 15) is 78.3 Å². The van der Waals surface area contributed by atoms with Crippen molar-refractivity contribution in [1.29, 1.82) is 0 Å². The number of epoxide rings is 1. The minimum atomic E-state index is -1.87. The fraction of sp³-hybridized carbons (Fsp3) is 0.566. The minimum absolute atomic E-state index is 0.0318. The van der Waals surface area contributed by atoms with Gasteiger partial charge < -0.3 is 113 Å². The number of halogens is 1. The molecule has 10 amide bonds. The Balaban J connectivity index is 0.964. The molecule has 3 aromatic carbocycles. The average Bonchev–Trinajstić information content (AvgIpc) is 1.58. The van der Waals surface area contributed by atoms with Crippen molar-refractivity contribution < 1.29 is 102 Å². The summed E-state index contributed by atoms with van der Waals surface area (Å²) in [5.41, 5.74) is 15.0. The molecule has 7 rings (SSSR count). The summed E-state index contributed by atoms with van der Waals surface area (Å²) < 4.78 is 23.8. The fourth-order valence-corrected chi connectivity index (χ4v) is 18.5. The number of aliphatic carboxylic acids is 1. The number of methoxy groups -OCH3 is 2. The second-order valence-corrected chi connectivity index (χ2v) is 36.6. The maximum Gasteiger partial charge on any atom is 0.328 e. The predicted molar refractivity (Wildman–Crippen MR) is 468 cm³/mol. The number of allylic oxidation sites excluding steroid dienone is 3. The van der Waals surface area contributed by atoms with Gasteiger partial charge in [-0.05, 0) is 152 Å².